The van der Waals surface area contributed by atoms with E-state index >= 15 is 0 Å². The third kappa shape index (κ3) is 4.98. The molecule has 0 bridgehead atoms. The average molecular weight is 401 g/mol. The van der Waals surface area contributed by atoms with Gasteiger partial charge in [0, 0.05) is 6.04 Å². The molecule has 1 fully saturated rings. The molecule has 2 heterocycles. The maximum Gasteiger partial charge on any atom is 0.404 e. The number of methoxy groups -OCH3 is 1. The molecule has 152 valence electrons. The molecule has 3 rings (SSSR count). The molecule has 2 aromatic rings. The van der Waals surface area contributed by atoms with Crippen LogP contribution in [0.15, 0.2) is 18.5 Å². The van der Waals surface area contributed by atoms with Gasteiger partial charge in [0.05, 0.1) is 36.8 Å². The third-order valence-electron chi connectivity index (χ3n) is 4.49. The minimum absolute atomic E-state index is 0.00329. The van der Waals surface area contributed by atoms with Gasteiger partial charge in [-0.05, 0) is 31.7 Å². The summed E-state index contributed by atoms with van der Waals surface area (Å²) >= 11 is 0. The van der Waals surface area contributed by atoms with Crippen molar-refractivity contribution >= 4 is 23.4 Å². The van der Waals surface area contributed by atoms with Crippen LogP contribution in [-0.2, 0) is 0 Å². The summed E-state index contributed by atoms with van der Waals surface area (Å²) in [5.74, 6) is -0.443. The van der Waals surface area contributed by atoms with Gasteiger partial charge in [-0.25, -0.2) is 24.1 Å². The van der Waals surface area contributed by atoms with E-state index in [1.165, 1.54) is 19.5 Å². The van der Waals surface area contributed by atoms with Gasteiger partial charge >= 0.3 is 12.1 Å². The third-order valence-corrected chi connectivity index (χ3v) is 4.49. The molecule has 1 saturated carbocycles. The number of rotatable bonds is 8. The lowest BCUT2D eigenvalue weighted by Crippen LogP contribution is -2.45. The van der Waals surface area contributed by atoms with Crippen molar-refractivity contribution < 1.29 is 19.0 Å². The number of carboxylic acid groups (broad SMARTS) is 1. The molecule has 0 unspecified atom stereocenters. The lowest BCUT2D eigenvalue weighted by molar-refractivity contribution is 0.188. The Morgan fingerprint density at radius 2 is 2.07 bits per heavy atom. The summed E-state index contributed by atoms with van der Waals surface area (Å²) < 4.78 is 19.4. The highest BCUT2D eigenvalue weighted by atomic mass is 19.1. The summed E-state index contributed by atoms with van der Waals surface area (Å²) in [6.45, 7) is 1.71. The van der Waals surface area contributed by atoms with Gasteiger partial charge in [-0.3, -0.25) is 0 Å². The summed E-state index contributed by atoms with van der Waals surface area (Å²) in [6, 6.07) is 2.35. The second-order valence-corrected chi connectivity index (χ2v) is 6.66. The van der Waals surface area contributed by atoms with Gasteiger partial charge < -0.3 is 25.8 Å². The molecule has 0 spiro atoms. The van der Waals surface area contributed by atoms with Crippen molar-refractivity contribution in [1.82, 2.24) is 20.3 Å². The zero-order valence-corrected chi connectivity index (χ0v) is 15.8. The molecular formula is C18H20FN7O3. The highest BCUT2D eigenvalue weighted by Gasteiger charge is 2.36. The zero-order valence-electron chi connectivity index (χ0n) is 15.8. The number of hydrogen-bond donors (Lipinski definition) is 4. The summed E-state index contributed by atoms with van der Waals surface area (Å²) in [4.78, 5) is 23.1. The van der Waals surface area contributed by atoms with Crippen LogP contribution in [0.4, 0.5) is 26.5 Å². The van der Waals surface area contributed by atoms with Crippen LogP contribution in [0.5, 0.6) is 6.01 Å². The lowest BCUT2D eigenvalue weighted by atomic mass is 10.0. The molecule has 1 aliphatic rings. The number of nitrogens with zero attached hydrogens (tertiary/aromatic N) is 4. The number of nitriles is 1. The molecule has 0 radical (unpaired) electrons. The van der Waals surface area contributed by atoms with E-state index in [2.05, 4.69) is 30.9 Å². The van der Waals surface area contributed by atoms with E-state index in [9.17, 15) is 14.4 Å². The van der Waals surface area contributed by atoms with Crippen molar-refractivity contribution in [1.29, 1.82) is 5.26 Å². The van der Waals surface area contributed by atoms with Crippen LogP contribution in [0.1, 0.15) is 25.3 Å². The van der Waals surface area contributed by atoms with E-state index in [-0.39, 0.29) is 35.2 Å². The van der Waals surface area contributed by atoms with Gasteiger partial charge in [0.2, 0.25) is 0 Å². The first-order chi connectivity index (χ1) is 13.9. The Labute approximate surface area is 166 Å². The molecule has 11 heteroatoms. The molecule has 0 aliphatic heterocycles. The van der Waals surface area contributed by atoms with Gasteiger partial charge in [-0.15, -0.1) is 0 Å². The first-order valence-electron chi connectivity index (χ1n) is 8.91. The van der Waals surface area contributed by atoms with Crippen molar-refractivity contribution in [2.45, 2.75) is 31.8 Å². The quantitative estimate of drug-likeness (QED) is 0.524. The highest BCUT2D eigenvalue weighted by Crippen LogP contribution is 2.36. The Bertz CT molecular complexity index is 928. The van der Waals surface area contributed by atoms with Crippen molar-refractivity contribution in [2.75, 3.05) is 17.7 Å². The van der Waals surface area contributed by atoms with Crippen LogP contribution in [0.25, 0.3) is 0 Å². The summed E-state index contributed by atoms with van der Waals surface area (Å²) in [5, 5.41) is 26.6. The Kier molecular flexibility index (Phi) is 5.92. The molecule has 2 atom stereocenters. The number of aromatic nitrogens is 3. The normalized spacial score (nSPS) is 15.0. The van der Waals surface area contributed by atoms with Gasteiger partial charge in [-0.2, -0.15) is 5.26 Å². The monoisotopic (exact) mass is 401 g/mol. The fourth-order valence-electron chi connectivity index (χ4n) is 2.94. The van der Waals surface area contributed by atoms with E-state index in [0.29, 0.717) is 5.69 Å². The topological polar surface area (TPSA) is 145 Å². The second-order valence-electron chi connectivity index (χ2n) is 6.66. The first-order valence-corrected chi connectivity index (χ1v) is 8.91. The Morgan fingerprint density at radius 1 is 1.38 bits per heavy atom. The Morgan fingerprint density at radius 3 is 2.62 bits per heavy atom. The minimum Gasteiger partial charge on any atom is -0.467 e. The SMILES string of the molecule is COc1ncc(Nc2nc(N[C@@H](C3CC3)[C@H](C)NC(=O)O)c(F)cc2C#N)cn1. The van der Waals surface area contributed by atoms with Crippen LogP contribution < -0.4 is 20.7 Å². The number of halogens is 1. The number of nitrogens with one attached hydrogen (secondary N) is 3. The molecule has 1 amide bonds. The van der Waals surface area contributed by atoms with Crippen LogP contribution in [0, 0.1) is 23.1 Å². The number of amides is 1. The van der Waals surface area contributed by atoms with E-state index in [1.54, 1.807) is 6.92 Å². The smallest absolute Gasteiger partial charge is 0.404 e. The van der Waals surface area contributed by atoms with Crippen molar-refractivity contribution in [3.63, 3.8) is 0 Å². The van der Waals surface area contributed by atoms with E-state index in [0.717, 1.165) is 18.9 Å². The maximum absolute atomic E-state index is 14.5. The summed E-state index contributed by atoms with van der Waals surface area (Å²) in [6.07, 6.45) is 3.55. The molecule has 1 aliphatic carbocycles. The van der Waals surface area contributed by atoms with Crippen molar-refractivity contribution in [3.8, 4) is 12.1 Å². The minimum atomic E-state index is -1.15. The maximum atomic E-state index is 14.5. The average Bonchev–Trinajstić information content (AvgIpc) is 3.52. The number of ether oxygens (including phenoxy) is 1. The van der Waals surface area contributed by atoms with Crippen LogP contribution >= 0.6 is 0 Å². The van der Waals surface area contributed by atoms with Crippen LogP contribution in [0.2, 0.25) is 0 Å². The molecular weight excluding hydrogens is 381 g/mol. The summed E-state index contributed by atoms with van der Waals surface area (Å²) in [5.41, 5.74) is 0.440. The van der Waals surface area contributed by atoms with Gasteiger partial charge in [0.25, 0.3) is 0 Å². The van der Waals surface area contributed by atoms with Gasteiger partial charge in [-0.1, -0.05) is 0 Å². The van der Waals surface area contributed by atoms with Crippen molar-refractivity contribution in [2.24, 2.45) is 5.92 Å². The highest BCUT2D eigenvalue weighted by molar-refractivity contribution is 5.66. The van der Waals surface area contributed by atoms with Gasteiger partial charge in [0.1, 0.15) is 6.07 Å². The molecule has 0 aromatic carbocycles. The Hall–Kier alpha value is -3.68. The predicted molar refractivity (Wildman–Crippen MR) is 102 cm³/mol. The van der Waals surface area contributed by atoms with Crippen LogP contribution in [-0.4, -0.2) is 45.3 Å². The summed E-state index contributed by atoms with van der Waals surface area (Å²) in [7, 11) is 1.44. The zero-order chi connectivity index (χ0) is 21.0. The number of hydrogen-bond acceptors (Lipinski definition) is 8. The lowest BCUT2D eigenvalue weighted by Gasteiger charge is -2.26. The van der Waals surface area contributed by atoms with Crippen LogP contribution in [0.3, 0.4) is 0 Å². The van der Waals surface area contributed by atoms with E-state index in [1.807, 2.05) is 6.07 Å². The first kappa shape index (κ1) is 20.1. The number of carbonyl (C=O) groups is 1. The fraction of sp³-hybridized carbons (Fsp3) is 0.389. The molecule has 10 nitrogen and oxygen atoms in total. The largest absolute Gasteiger partial charge is 0.467 e. The van der Waals surface area contributed by atoms with Crippen molar-refractivity contribution in [3.05, 3.63) is 29.8 Å². The molecule has 0 saturated heterocycles. The fourth-order valence-corrected chi connectivity index (χ4v) is 2.94. The standard InChI is InChI=1S/C18H20FN7O3/c1-9(23-18(27)28)14(10-3-4-10)25-16-13(19)5-11(6-20)15(26-16)24-12-7-21-17(29-2)22-8-12/h5,7-10,14,23H,3-4H2,1-2H3,(H,27,28)(H2,24,25,26)/t9-,14+/m0/s1. The molecule has 29 heavy (non-hydrogen) atoms. The second kappa shape index (κ2) is 8.55. The number of pyridine rings is 1. The number of anilines is 3. The Balaban J connectivity index is 1.85. The van der Waals surface area contributed by atoms with E-state index in [4.69, 9.17) is 9.84 Å². The predicted octanol–water partition coefficient (Wildman–Crippen LogP) is 2.48. The van der Waals surface area contributed by atoms with E-state index < -0.39 is 18.0 Å². The van der Waals surface area contributed by atoms with Gasteiger partial charge in [0.15, 0.2) is 17.5 Å². The molecule has 4 N–H and O–H groups in total. The molecule has 2 aromatic heterocycles.